The Bertz CT molecular complexity index is 1630. The molecule has 2 aromatic carbocycles. The summed E-state index contributed by atoms with van der Waals surface area (Å²) >= 11 is 6.85. The van der Waals surface area contributed by atoms with E-state index < -0.39 is 5.82 Å². The highest BCUT2D eigenvalue weighted by Gasteiger charge is 2.36. The van der Waals surface area contributed by atoms with Gasteiger partial charge in [0.1, 0.15) is 11.3 Å². The van der Waals surface area contributed by atoms with Crippen molar-refractivity contribution in [3.63, 3.8) is 0 Å². The minimum absolute atomic E-state index is 0.0629. The molecule has 2 aliphatic heterocycles. The summed E-state index contributed by atoms with van der Waals surface area (Å²) in [7, 11) is 4.11. The van der Waals surface area contributed by atoms with Crippen molar-refractivity contribution < 1.29 is 9.18 Å². The van der Waals surface area contributed by atoms with Crippen LogP contribution in [0.4, 0.5) is 16.2 Å². The summed E-state index contributed by atoms with van der Waals surface area (Å²) in [5, 5.41) is 1.74. The van der Waals surface area contributed by atoms with E-state index in [0.717, 1.165) is 24.0 Å². The van der Waals surface area contributed by atoms with Crippen molar-refractivity contribution >= 4 is 51.1 Å². The van der Waals surface area contributed by atoms with Gasteiger partial charge in [0, 0.05) is 77.9 Å². The summed E-state index contributed by atoms with van der Waals surface area (Å²) in [5.41, 5.74) is 2.15. The molecule has 0 radical (unpaired) electrons. The van der Waals surface area contributed by atoms with Crippen LogP contribution >= 0.6 is 11.6 Å². The molecule has 4 aromatic rings. The molecule has 2 atom stereocenters. The number of benzene rings is 2. The zero-order valence-corrected chi connectivity index (χ0v) is 23.9. The van der Waals surface area contributed by atoms with Crippen LogP contribution in [0.25, 0.3) is 32.9 Å². The van der Waals surface area contributed by atoms with Crippen LogP contribution in [0.3, 0.4) is 0 Å². The van der Waals surface area contributed by atoms with Gasteiger partial charge in [-0.2, -0.15) is 4.98 Å². The molecule has 208 valence electrons. The SMILES string of the molecule is C=CC(=O)N1C[C@H](C)N(c2nc(N3CC(N(C)C)C3)nc3c(F)c(-c4c[nH]c5ccccc45)c(Cl)cc23)C[C@H]1C. The van der Waals surface area contributed by atoms with E-state index in [1.807, 2.05) is 43.0 Å². The molecule has 40 heavy (non-hydrogen) atoms. The molecule has 0 unspecified atom stereocenters. The number of hydrogen-bond acceptors (Lipinski definition) is 6. The topological polar surface area (TPSA) is 71.6 Å². The number of aromatic nitrogens is 3. The zero-order chi connectivity index (χ0) is 28.3. The van der Waals surface area contributed by atoms with Crippen LogP contribution in [0.1, 0.15) is 13.8 Å². The van der Waals surface area contributed by atoms with Gasteiger partial charge in [0.2, 0.25) is 11.9 Å². The first kappa shape index (κ1) is 26.5. The average Bonchev–Trinajstić information content (AvgIpc) is 3.32. The second kappa shape index (κ2) is 10.1. The standard InChI is InChI=1S/C30H33ClFN7O/c1-6-25(40)38-13-18(3)39(14-17(38)2)29-21-11-23(31)26(22-12-33-24-10-8-7-9-20(22)24)27(32)28(21)34-30(35-29)37-15-19(16-37)36(4)5/h6-12,17-19,33H,1,13-16H2,2-5H3/t17-,18+/m1/s1. The molecule has 6 rings (SSSR count). The third-order valence-corrected chi connectivity index (χ3v) is 8.60. The highest BCUT2D eigenvalue weighted by atomic mass is 35.5. The summed E-state index contributed by atoms with van der Waals surface area (Å²) in [4.78, 5) is 33.7. The quantitative estimate of drug-likeness (QED) is 0.348. The number of piperazine rings is 1. The van der Waals surface area contributed by atoms with Crippen LogP contribution < -0.4 is 9.80 Å². The molecule has 0 aliphatic carbocycles. The Morgan fingerprint density at radius 1 is 1.12 bits per heavy atom. The van der Waals surface area contributed by atoms with Gasteiger partial charge in [0.15, 0.2) is 5.82 Å². The van der Waals surface area contributed by atoms with E-state index in [2.05, 4.69) is 40.4 Å². The van der Waals surface area contributed by atoms with Gasteiger partial charge in [-0.25, -0.2) is 9.37 Å². The number of aromatic amines is 1. The third-order valence-electron chi connectivity index (χ3n) is 8.30. The lowest BCUT2D eigenvalue weighted by Crippen LogP contribution is -2.59. The lowest BCUT2D eigenvalue weighted by atomic mass is 10.0. The Balaban J connectivity index is 1.51. The number of likely N-dealkylation sites (N-methyl/N-ethyl adjacent to an activating group) is 1. The second-order valence-corrected chi connectivity index (χ2v) is 11.5. The van der Waals surface area contributed by atoms with Crippen LogP contribution in [-0.4, -0.2) is 89.1 Å². The summed E-state index contributed by atoms with van der Waals surface area (Å²) < 4.78 is 16.6. The second-order valence-electron chi connectivity index (χ2n) is 11.1. The largest absolute Gasteiger partial charge is 0.361 e. The van der Waals surface area contributed by atoms with E-state index in [0.29, 0.717) is 52.4 Å². The molecule has 2 aliphatic rings. The maximum absolute atomic E-state index is 16.6. The van der Waals surface area contributed by atoms with Crippen molar-refractivity contribution in [2.24, 2.45) is 0 Å². The van der Waals surface area contributed by atoms with Gasteiger partial charge in [0.05, 0.1) is 5.02 Å². The number of halogens is 2. The molecule has 8 nitrogen and oxygen atoms in total. The molecule has 2 fully saturated rings. The molecule has 2 saturated heterocycles. The first-order valence-electron chi connectivity index (χ1n) is 13.5. The Hall–Kier alpha value is -3.69. The minimum Gasteiger partial charge on any atom is -0.361 e. The number of carbonyl (C=O) groups excluding carboxylic acids is 1. The number of para-hydroxylation sites is 1. The number of amides is 1. The number of hydrogen-bond donors (Lipinski definition) is 1. The summed E-state index contributed by atoms with van der Waals surface area (Å²) in [6, 6.07) is 9.79. The van der Waals surface area contributed by atoms with Crippen molar-refractivity contribution in [1.82, 2.24) is 24.8 Å². The Labute approximate surface area is 238 Å². The molecule has 10 heteroatoms. The van der Waals surface area contributed by atoms with Crippen LogP contribution in [0, 0.1) is 5.82 Å². The number of anilines is 2. The highest BCUT2D eigenvalue weighted by Crippen LogP contribution is 2.42. The number of H-pyrrole nitrogens is 1. The molecule has 1 N–H and O–H groups in total. The van der Waals surface area contributed by atoms with E-state index in [-0.39, 0.29) is 23.5 Å². The normalized spacial score (nSPS) is 20.0. The lowest BCUT2D eigenvalue weighted by Gasteiger charge is -2.45. The third kappa shape index (κ3) is 4.28. The minimum atomic E-state index is -0.469. The van der Waals surface area contributed by atoms with E-state index in [1.54, 1.807) is 12.3 Å². The Morgan fingerprint density at radius 2 is 1.88 bits per heavy atom. The average molecular weight is 562 g/mol. The van der Waals surface area contributed by atoms with Crippen molar-refractivity contribution in [2.75, 3.05) is 50.1 Å². The van der Waals surface area contributed by atoms with Crippen molar-refractivity contribution in [1.29, 1.82) is 0 Å². The molecule has 1 amide bonds. The molecule has 0 saturated carbocycles. The Kier molecular flexibility index (Phi) is 6.67. The number of nitrogens with one attached hydrogen (secondary N) is 1. The fourth-order valence-corrected chi connectivity index (χ4v) is 6.14. The van der Waals surface area contributed by atoms with Crippen molar-refractivity contribution in [3.8, 4) is 11.1 Å². The molecule has 0 spiro atoms. The van der Waals surface area contributed by atoms with Gasteiger partial charge in [-0.3, -0.25) is 4.79 Å². The number of carbonyl (C=O) groups is 1. The smallest absolute Gasteiger partial charge is 0.246 e. The van der Waals surface area contributed by atoms with E-state index in [1.165, 1.54) is 6.08 Å². The van der Waals surface area contributed by atoms with Gasteiger partial charge in [0.25, 0.3) is 0 Å². The van der Waals surface area contributed by atoms with Crippen LogP contribution in [0.2, 0.25) is 5.02 Å². The van der Waals surface area contributed by atoms with Gasteiger partial charge in [-0.05, 0) is 46.2 Å². The molecule has 0 bridgehead atoms. The lowest BCUT2D eigenvalue weighted by molar-refractivity contribution is -0.128. The van der Waals surface area contributed by atoms with Gasteiger partial charge >= 0.3 is 0 Å². The van der Waals surface area contributed by atoms with E-state index in [9.17, 15) is 4.79 Å². The monoisotopic (exact) mass is 561 g/mol. The van der Waals surface area contributed by atoms with Gasteiger partial charge in [-0.15, -0.1) is 0 Å². The zero-order valence-electron chi connectivity index (χ0n) is 23.2. The number of rotatable bonds is 5. The van der Waals surface area contributed by atoms with Crippen LogP contribution in [-0.2, 0) is 4.79 Å². The van der Waals surface area contributed by atoms with Gasteiger partial charge in [-0.1, -0.05) is 36.4 Å². The molecular formula is C30H33ClFN7O. The fraction of sp³-hybridized carbons (Fsp3) is 0.367. The van der Waals surface area contributed by atoms with Crippen molar-refractivity contribution in [3.05, 3.63) is 60.0 Å². The molecular weight excluding hydrogens is 529 g/mol. The van der Waals surface area contributed by atoms with E-state index in [4.69, 9.17) is 21.6 Å². The maximum atomic E-state index is 16.6. The molecule has 2 aromatic heterocycles. The van der Waals surface area contributed by atoms with Crippen molar-refractivity contribution in [2.45, 2.75) is 32.0 Å². The highest BCUT2D eigenvalue weighted by molar-refractivity contribution is 6.35. The first-order valence-corrected chi connectivity index (χ1v) is 13.9. The summed E-state index contributed by atoms with van der Waals surface area (Å²) in [5.74, 6) is 0.559. The fourth-order valence-electron chi connectivity index (χ4n) is 5.85. The first-order chi connectivity index (χ1) is 19.2. The molecule has 4 heterocycles. The van der Waals surface area contributed by atoms with Crippen LogP contribution in [0.15, 0.2) is 49.2 Å². The van der Waals surface area contributed by atoms with Crippen LogP contribution in [0.5, 0.6) is 0 Å². The number of nitrogens with zero attached hydrogens (tertiary/aromatic N) is 6. The predicted molar refractivity (Wildman–Crippen MR) is 160 cm³/mol. The van der Waals surface area contributed by atoms with Gasteiger partial charge < -0.3 is 24.6 Å². The summed E-state index contributed by atoms with van der Waals surface area (Å²) in [6.07, 6.45) is 3.14. The Morgan fingerprint density at radius 3 is 2.60 bits per heavy atom. The number of fused-ring (bicyclic) bond motifs is 2. The van der Waals surface area contributed by atoms with E-state index >= 15 is 4.39 Å². The predicted octanol–water partition coefficient (Wildman–Crippen LogP) is 4.93. The summed E-state index contributed by atoms with van der Waals surface area (Å²) in [6.45, 7) is 10.3. The maximum Gasteiger partial charge on any atom is 0.246 e.